The van der Waals surface area contributed by atoms with Crippen molar-refractivity contribution in [3.63, 3.8) is 0 Å². The standard InChI is InChI=1S/C19H32N2O3/c1-7-19(8-2)16(23-9-3)12-17(19)24-18(22)11-10-15-13(4)20-21(6)14(15)5/h16-17H,7-12H2,1-6H3/t16-,17-/m1/s1. The molecule has 1 heterocycles. The lowest BCUT2D eigenvalue weighted by Gasteiger charge is -2.54. The summed E-state index contributed by atoms with van der Waals surface area (Å²) in [4.78, 5) is 12.3. The van der Waals surface area contributed by atoms with E-state index in [9.17, 15) is 4.79 Å². The first kappa shape index (κ1) is 19.0. The van der Waals surface area contributed by atoms with Crippen molar-refractivity contribution < 1.29 is 14.3 Å². The fourth-order valence-corrected chi connectivity index (χ4v) is 4.10. The molecule has 136 valence electrons. The lowest BCUT2D eigenvalue weighted by molar-refractivity contribution is -0.215. The number of rotatable bonds is 8. The van der Waals surface area contributed by atoms with Crippen LogP contribution in [0.5, 0.6) is 0 Å². The minimum atomic E-state index is -0.108. The molecule has 0 N–H and O–H groups in total. The first-order valence-corrected chi connectivity index (χ1v) is 9.19. The smallest absolute Gasteiger partial charge is 0.306 e. The molecule has 0 spiro atoms. The first-order chi connectivity index (χ1) is 11.4. The summed E-state index contributed by atoms with van der Waals surface area (Å²) < 4.78 is 13.5. The Balaban J connectivity index is 1.93. The average molecular weight is 336 g/mol. The highest BCUT2D eigenvalue weighted by Gasteiger charge is 2.55. The number of hydrogen-bond donors (Lipinski definition) is 0. The highest BCUT2D eigenvalue weighted by atomic mass is 16.6. The van der Waals surface area contributed by atoms with E-state index in [0.29, 0.717) is 19.4 Å². The molecule has 2 atom stereocenters. The molecule has 5 nitrogen and oxygen atoms in total. The molecule has 1 aromatic rings. The van der Waals surface area contributed by atoms with E-state index in [1.807, 2.05) is 32.5 Å². The molecule has 0 radical (unpaired) electrons. The summed E-state index contributed by atoms with van der Waals surface area (Å²) in [7, 11) is 1.93. The van der Waals surface area contributed by atoms with Crippen molar-refractivity contribution in [2.24, 2.45) is 12.5 Å². The summed E-state index contributed by atoms with van der Waals surface area (Å²) in [5.74, 6) is -0.108. The molecular weight excluding hydrogens is 304 g/mol. The molecule has 1 aromatic heterocycles. The second-order valence-electron chi connectivity index (χ2n) is 6.87. The van der Waals surface area contributed by atoms with Crippen molar-refractivity contribution in [1.29, 1.82) is 0 Å². The summed E-state index contributed by atoms with van der Waals surface area (Å²) in [5.41, 5.74) is 3.27. The number of ether oxygens (including phenoxy) is 2. The number of carbonyl (C=O) groups excluding carboxylic acids is 1. The molecule has 0 aromatic carbocycles. The fourth-order valence-electron chi connectivity index (χ4n) is 4.10. The predicted molar refractivity (Wildman–Crippen MR) is 93.9 cm³/mol. The maximum Gasteiger partial charge on any atom is 0.306 e. The molecule has 5 heteroatoms. The van der Waals surface area contributed by atoms with Gasteiger partial charge >= 0.3 is 5.97 Å². The van der Waals surface area contributed by atoms with Crippen LogP contribution in [-0.4, -0.2) is 34.6 Å². The van der Waals surface area contributed by atoms with Gasteiger partial charge in [0, 0.05) is 37.6 Å². The van der Waals surface area contributed by atoms with Crippen LogP contribution in [0.4, 0.5) is 0 Å². The number of aryl methyl sites for hydroxylation is 2. The zero-order valence-corrected chi connectivity index (χ0v) is 16.0. The molecule has 0 saturated heterocycles. The zero-order valence-electron chi connectivity index (χ0n) is 16.0. The normalized spacial score (nSPS) is 22.2. The second-order valence-corrected chi connectivity index (χ2v) is 6.87. The van der Waals surface area contributed by atoms with Crippen LogP contribution in [0.3, 0.4) is 0 Å². The molecule has 1 fully saturated rings. The number of aromatic nitrogens is 2. The number of esters is 1. The predicted octanol–water partition coefficient (Wildman–Crippen LogP) is 3.50. The Kier molecular flexibility index (Phi) is 6.07. The van der Waals surface area contributed by atoms with Gasteiger partial charge in [-0.3, -0.25) is 9.48 Å². The second kappa shape index (κ2) is 7.68. The van der Waals surface area contributed by atoms with Gasteiger partial charge in [0.15, 0.2) is 0 Å². The molecule has 1 aliphatic rings. The highest BCUT2D eigenvalue weighted by molar-refractivity contribution is 5.70. The van der Waals surface area contributed by atoms with Crippen LogP contribution >= 0.6 is 0 Å². The Morgan fingerprint density at radius 1 is 1.25 bits per heavy atom. The monoisotopic (exact) mass is 336 g/mol. The number of carbonyl (C=O) groups is 1. The van der Waals surface area contributed by atoms with Crippen LogP contribution in [0.2, 0.25) is 0 Å². The SMILES string of the molecule is CCO[C@@H]1C[C@@H](OC(=O)CCc2c(C)nn(C)c2C)C1(CC)CC. The van der Waals surface area contributed by atoms with Gasteiger partial charge in [0.2, 0.25) is 0 Å². The van der Waals surface area contributed by atoms with Crippen LogP contribution in [0, 0.1) is 19.3 Å². The Labute approximate surface area is 145 Å². The van der Waals surface area contributed by atoms with Gasteiger partial charge in [0.25, 0.3) is 0 Å². The van der Waals surface area contributed by atoms with E-state index >= 15 is 0 Å². The van der Waals surface area contributed by atoms with E-state index in [4.69, 9.17) is 9.47 Å². The Bertz CT molecular complexity index is 575. The lowest BCUT2D eigenvalue weighted by atomic mass is 9.60. The van der Waals surface area contributed by atoms with Crippen molar-refractivity contribution in [3.8, 4) is 0 Å². The van der Waals surface area contributed by atoms with Gasteiger partial charge in [0.05, 0.1) is 11.8 Å². The molecular formula is C19H32N2O3. The largest absolute Gasteiger partial charge is 0.462 e. The van der Waals surface area contributed by atoms with Gasteiger partial charge < -0.3 is 9.47 Å². The van der Waals surface area contributed by atoms with E-state index < -0.39 is 0 Å². The molecule has 0 bridgehead atoms. The molecule has 24 heavy (non-hydrogen) atoms. The van der Waals surface area contributed by atoms with Gasteiger partial charge in [-0.25, -0.2) is 0 Å². The molecule has 0 unspecified atom stereocenters. The van der Waals surface area contributed by atoms with Gasteiger partial charge in [-0.2, -0.15) is 5.10 Å². The van der Waals surface area contributed by atoms with E-state index in [1.165, 1.54) is 0 Å². The topological polar surface area (TPSA) is 53.4 Å². The van der Waals surface area contributed by atoms with Crippen molar-refractivity contribution in [2.45, 2.75) is 78.9 Å². The van der Waals surface area contributed by atoms with E-state index in [1.54, 1.807) is 0 Å². The molecule has 0 amide bonds. The van der Waals surface area contributed by atoms with E-state index in [-0.39, 0.29) is 23.6 Å². The zero-order chi connectivity index (χ0) is 17.9. The summed E-state index contributed by atoms with van der Waals surface area (Å²) in [6, 6.07) is 0. The van der Waals surface area contributed by atoms with Gasteiger partial charge in [-0.15, -0.1) is 0 Å². The third kappa shape index (κ3) is 3.37. The summed E-state index contributed by atoms with van der Waals surface area (Å²) in [6.45, 7) is 11.1. The minimum absolute atomic E-state index is 0.00681. The summed E-state index contributed by atoms with van der Waals surface area (Å²) in [5, 5.41) is 4.40. The third-order valence-electron chi connectivity index (χ3n) is 5.91. The maximum atomic E-state index is 12.3. The van der Waals surface area contributed by atoms with Gasteiger partial charge in [-0.1, -0.05) is 13.8 Å². The summed E-state index contributed by atoms with van der Waals surface area (Å²) >= 11 is 0. The Morgan fingerprint density at radius 2 is 1.92 bits per heavy atom. The lowest BCUT2D eigenvalue weighted by Crippen LogP contribution is -2.59. The van der Waals surface area contributed by atoms with Crippen molar-refractivity contribution in [1.82, 2.24) is 9.78 Å². The number of hydrogen-bond acceptors (Lipinski definition) is 4. The molecule has 0 aliphatic heterocycles. The van der Waals surface area contributed by atoms with Crippen LogP contribution < -0.4 is 0 Å². The first-order valence-electron chi connectivity index (χ1n) is 9.19. The van der Waals surface area contributed by atoms with Crippen molar-refractivity contribution in [2.75, 3.05) is 6.61 Å². The molecule has 1 aliphatic carbocycles. The van der Waals surface area contributed by atoms with E-state index in [2.05, 4.69) is 18.9 Å². The van der Waals surface area contributed by atoms with Crippen molar-refractivity contribution in [3.05, 3.63) is 17.0 Å². The van der Waals surface area contributed by atoms with Gasteiger partial charge in [0.1, 0.15) is 6.10 Å². The fraction of sp³-hybridized carbons (Fsp3) is 0.789. The van der Waals surface area contributed by atoms with Crippen LogP contribution in [0.25, 0.3) is 0 Å². The minimum Gasteiger partial charge on any atom is -0.462 e. The van der Waals surface area contributed by atoms with E-state index in [0.717, 1.165) is 36.2 Å². The number of nitrogens with zero attached hydrogens (tertiary/aromatic N) is 2. The average Bonchev–Trinajstić information content (AvgIpc) is 2.78. The highest BCUT2D eigenvalue weighted by Crippen LogP contribution is 2.50. The summed E-state index contributed by atoms with van der Waals surface area (Å²) in [6.07, 6.45) is 4.10. The van der Waals surface area contributed by atoms with Crippen LogP contribution in [0.1, 0.15) is 63.4 Å². The van der Waals surface area contributed by atoms with Crippen molar-refractivity contribution >= 4 is 5.97 Å². The third-order valence-corrected chi connectivity index (χ3v) is 5.91. The van der Waals surface area contributed by atoms with Crippen LogP contribution in [0.15, 0.2) is 0 Å². The Morgan fingerprint density at radius 3 is 2.42 bits per heavy atom. The Hall–Kier alpha value is -1.36. The van der Waals surface area contributed by atoms with Crippen LogP contribution in [-0.2, 0) is 27.7 Å². The van der Waals surface area contributed by atoms with Gasteiger partial charge in [-0.05, 0) is 45.6 Å². The maximum absolute atomic E-state index is 12.3. The molecule has 1 saturated carbocycles. The molecule has 2 rings (SSSR count). The quantitative estimate of drug-likeness (QED) is 0.682.